The first-order chi connectivity index (χ1) is 23.3. The van der Waals surface area contributed by atoms with E-state index in [0.29, 0.717) is 32.9 Å². The Morgan fingerprint density at radius 2 is 1.45 bits per heavy atom. The van der Waals surface area contributed by atoms with Crippen molar-refractivity contribution in [3.63, 3.8) is 0 Å². The van der Waals surface area contributed by atoms with Crippen molar-refractivity contribution < 1.29 is 27.5 Å². The molecule has 0 aliphatic heterocycles. The summed E-state index contributed by atoms with van der Waals surface area (Å²) in [5.41, 5.74) is 1.38. The number of nitrogens with one attached hydrogen (secondary N) is 1. The van der Waals surface area contributed by atoms with Crippen LogP contribution in [0.4, 0.5) is 5.69 Å². The Morgan fingerprint density at radius 3 is 2.04 bits per heavy atom. The van der Waals surface area contributed by atoms with E-state index in [1.54, 1.807) is 18.2 Å². The molecule has 0 fully saturated rings. The van der Waals surface area contributed by atoms with Crippen molar-refractivity contribution in [1.29, 1.82) is 0 Å². The van der Waals surface area contributed by atoms with E-state index in [9.17, 15) is 18.0 Å². The van der Waals surface area contributed by atoms with E-state index in [-0.39, 0.29) is 35.2 Å². The molecule has 0 saturated carbocycles. The van der Waals surface area contributed by atoms with E-state index in [1.807, 2.05) is 44.2 Å². The first kappa shape index (κ1) is 37.9. The molecule has 2 amide bonds. The predicted molar refractivity (Wildman–Crippen MR) is 194 cm³/mol. The zero-order chi connectivity index (χ0) is 35.7. The van der Waals surface area contributed by atoms with Gasteiger partial charge in [-0.3, -0.25) is 13.9 Å². The largest absolute Gasteiger partial charge is 0.493 e. The summed E-state index contributed by atoms with van der Waals surface area (Å²) in [5.74, 6) is -0.429. The summed E-state index contributed by atoms with van der Waals surface area (Å²) >= 11 is 19.3. The molecule has 13 heteroatoms. The van der Waals surface area contributed by atoms with E-state index in [1.165, 1.54) is 61.6 Å². The second-order valence-corrected chi connectivity index (χ2v) is 14.7. The molecule has 4 aromatic rings. The third-order valence-corrected chi connectivity index (χ3v) is 10.4. The van der Waals surface area contributed by atoms with Crippen LogP contribution in [0.3, 0.4) is 0 Å². The Morgan fingerprint density at radius 1 is 0.816 bits per heavy atom. The molecule has 0 aliphatic carbocycles. The standard InChI is InChI=1S/C36H38Cl3N3O6S/c1-24(2)21-40-36(44)32(19-25-9-6-5-7-10-25)41(22-29-30(38)11-8-12-31(29)39)35(43)23-42(27-15-13-26(37)14-16-27)49(45,46)28-17-18-33(47-3)34(20-28)48-4/h5-18,20,24,32H,19,21-23H2,1-4H3,(H,40,44)/t32-/m0/s1. The SMILES string of the molecule is COc1ccc(S(=O)(=O)N(CC(=O)N(Cc2c(Cl)cccc2Cl)[C@@H](Cc2ccccc2)C(=O)NCC(C)C)c2ccc(Cl)cc2)cc1OC. The summed E-state index contributed by atoms with van der Waals surface area (Å²) in [5, 5.41) is 3.91. The van der Waals surface area contributed by atoms with Gasteiger partial charge >= 0.3 is 0 Å². The topological polar surface area (TPSA) is 105 Å². The van der Waals surface area contributed by atoms with Crippen molar-refractivity contribution in [2.24, 2.45) is 5.92 Å². The van der Waals surface area contributed by atoms with E-state index >= 15 is 0 Å². The number of sulfonamides is 1. The molecular formula is C36H38Cl3N3O6S. The van der Waals surface area contributed by atoms with Gasteiger partial charge in [0.1, 0.15) is 12.6 Å². The molecule has 0 heterocycles. The van der Waals surface area contributed by atoms with Crippen molar-refractivity contribution in [2.45, 2.75) is 37.8 Å². The fraction of sp³-hybridized carbons (Fsp3) is 0.278. The van der Waals surface area contributed by atoms with Crippen LogP contribution in [0.5, 0.6) is 11.5 Å². The van der Waals surface area contributed by atoms with E-state index in [0.717, 1.165) is 9.87 Å². The highest BCUT2D eigenvalue weighted by Gasteiger charge is 2.35. The van der Waals surface area contributed by atoms with E-state index in [2.05, 4.69) is 5.32 Å². The normalized spacial score (nSPS) is 11.9. The lowest BCUT2D eigenvalue weighted by molar-refractivity contribution is -0.140. The van der Waals surface area contributed by atoms with Crippen LogP contribution in [-0.2, 0) is 32.6 Å². The fourth-order valence-electron chi connectivity index (χ4n) is 5.07. The maximum absolute atomic E-state index is 14.7. The Labute approximate surface area is 302 Å². The second-order valence-electron chi connectivity index (χ2n) is 11.6. The van der Waals surface area contributed by atoms with Gasteiger partial charge in [0.2, 0.25) is 11.8 Å². The van der Waals surface area contributed by atoms with Crippen LogP contribution in [0.25, 0.3) is 0 Å². The van der Waals surface area contributed by atoms with E-state index < -0.39 is 34.4 Å². The molecule has 9 nitrogen and oxygen atoms in total. The number of amides is 2. The average molecular weight is 747 g/mol. The molecule has 1 N–H and O–H groups in total. The number of halogens is 3. The second kappa shape index (κ2) is 17.1. The van der Waals surface area contributed by atoms with Gasteiger partial charge in [0.05, 0.1) is 24.8 Å². The lowest BCUT2D eigenvalue weighted by atomic mass is 10.0. The van der Waals surface area contributed by atoms with Gasteiger partial charge in [-0.05, 0) is 60.0 Å². The van der Waals surface area contributed by atoms with Gasteiger partial charge in [-0.25, -0.2) is 8.42 Å². The zero-order valence-corrected chi connectivity index (χ0v) is 30.6. The van der Waals surface area contributed by atoms with E-state index in [4.69, 9.17) is 44.3 Å². The molecule has 0 aliphatic rings. The number of carbonyl (C=O) groups is 2. The van der Waals surface area contributed by atoms with Crippen LogP contribution < -0.4 is 19.1 Å². The first-order valence-corrected chi connectivity index (χ1v) is 18.0. The summed E-state index contributed by atoms with van der Waals surface area (Å²) in [7, 11) is -1.58. The number of methoxy groups -OCH3 is 2. The summed E-state index contributed by atoms with van der Waals surface area (Å²) < 4.78 is 40.4. The minimum Gasteiger partial charge on any atom is -0.493 e. The smallest absolute Gasteiger partial charge is 0.264 e. The highest BCUT2D eigenvalue weighted by molar-refractivity contribution is 7.92. The van der Waals surface area contributed by atoms with Gasteiger partial charge < -0.3 is 19.7 Å². The van der Waals surface area contributed by atoms with Gasteiger partial charge in [-0.1, -0.05) is 85.0 Å². The molecule has 0 aromatic heterocycles. The van der Waals surface area contributed by atoms with Crippen LogP contribution in [-0.4, -0.2) is 58.5 Å². The molecule has 1 atom stereocenters. The number of ether oxygens (including phenoxy) is 2. The average Bonchev–Trinajstić information content (AvgIpc) is 3.09. The van der Waals surface area contributed by atoms with Gasteiger partial charge in [0.25, 0.3) is 10.0 Å². The summed E-state index contributed by atoms with van der Waals surface area (Å²) in [6.45, 7) is 3.44. The Kier molecular flexibility index (Phi) is 13.2. The fourth-order valence-corrected chi connectivity index (χ4v) is 7.14. The van der Waals surface area contributed by atoms with Crippen molar-refractivity contribution in [3.8, 4) is 11.5 Å². The van der Waals surface area contributed by atoms with Crippen molar-refractivity contribution in [1.82, 2.24) is 10.2 Å². The number of nitrogens with zero attached hydrogens (tertiary/aromatic N) is 2. The van der Waals surface area contributed by atoms with Crippen molar-refractivity contribution in [3.05, 3.63) is 117 Å². The molecule has 0 unspecified atom stereocenters. The number of carbonyl (C=O) groups excluding carboxylic acids is 2. The van der Waals surface area contributed by atoms with Crippen LogP contribution >= 0.6 is 34.8 Å². The maximum Gasteiger partial charge on any atom is 0.264 e. The summed E-state index contributed by atoms with van der Waals surface area (Å²) in [6, 6.07) is 23.3. The van der Waals surface area contributed by atoms with Gasteiger partial charge in [0.15, 0.2) is 11.5 Å². The number of hydrogen-bond donors (Lipinski definition) is 1. The molecule has 0 saturated heterocycles. The number of hydrogen-bond acceptors (Lipinski definition) is 6. The molecule has 4 rings (SSSR count). The Balaban J connectivity index is 1.85. The lowest BCUT2D eigenvalue weighted by Gasteiger charge is -2.34. The van der Waals surface area contributed by atoms with Gasteiger partial charge in [0, 0.05) is 46.2 Å². The van der Waals surface area contributed by atoms with Crippen LogP contribution in [0.1, 0.15) is 25.0 Å². The van der Waals surface area contributed by atoms with Crippen LogP contribution in [0.15, 0.2) is 95.9 Å². The molecule has 0 bridgehead atoms. The molecular weight excluding hydrogens is 709 g/mol. The molecule has 4 aromatic carbocycles. The minimum atomic E-state index is -4.41. The zero-order valence-electron chi connectivity index (χ0n) is 27.5. The molecule has 0 spiro atoms. The first-order valence-electron chi connectivity index (χ1n) is 15.4. The Bertz CT molecular complexity index is 1840. The highest BCUT2D eigenvalue weighted by atomic mass is 35.5. The Hall–Kier alpha value is -3.96. The van der Waals surface area contributed by atoms with Crippen molar-refractivity contribution in [2.75, 3.05) is 31.6 Å². The number of benzene rings is 4. The quantitative estimate of drug-likeness (QED) is 0.137. The lowest BCUT2D eigenvalue weighted by Crippen LogP contribution is -2.53. The number of rotatable bonds is 15. The van der Waals surface area contributed by atoms with Crippen LogP contribution in [0.2, 0.25) is 15.1 Å². The van der Waals surface area contributed by atoms with Crippen LogP contribution in [0, 0.1) is 5.92 Å². The summed E-state index contributed by atoms with van der Waals surface area (Å²) in [4.78, 5) is 29.8. The predicted octanol–water partition coefficient (Wildman–Crippen LogP) is 7.27. The monoisotopic (exact) mass is 745 g/mol. The molecule has 260 valence electrons. The van der Waals surface area contributed by atoms with Gasteiger partial charge in [-0.2, -0.15) is 0 Å². The van der Waals surface area contributed by atoms with Crippen molar-refractivity contribution >= 4 is 62.3 Å². The summed E-state index contributed by atoms with van der Waals surface area (Å²) in [6.07, 6.45) is 0.141. The third-order valence-electron chi connectivity index (χ3n) is 7.68. The minimum absolute atomic E-state index is 0.135. The molecule has 0 radical (unpaired) electrons. The molecule has 49 heavy (non-hydrogen) atoms. The third kappa shape index (κ3) is 9.60. The maximum atomic E-state index is 14.7. The van der Waals surface area contributed by atoms with Gasteiger partial charge in [-0.15, -0.1) is 0 Å². The highest BCUT2D eigenvalue weighted by Crippen LogP contribution is 2.33. The number of anilines is 1.